The number of ether oxygens (including phenoxy) is 12. The van der Waals surface area contributed by atoms with E-state index < -0.39 is 11.8 Å². The van der Waals surface area contributed by atoms with Crippen molar-refractivity contribution in [2.45, 2.75) is 27.7 Å². The number of thiophene rings is 6. The number of aromatic nitrogens is 2. The molecule has 22 nitrogen and oxygen atoms in total. The Labute approximate surface area is 566 Å². The van der Waals surface area contributed by atoms with Crippen molar-refractivity contribution in [3.05, 3.63) is 33.0 Å². The van der Waals surface area contributed by atoms with Crippen LogP contribution in [0.4, 0.5) is 0 Å². The third kappa shape index (κ3) is 9.40. The summed E-state index contributed by atoms with van der Waals surface area (Å²) in [6.45, 7) is 13.1. The van der Waals surface area contributed by atoms with E-state index >= 15 is 0 Å². The molecule has 16 heterocycles. The minimum atomic E-state index is -0.467. The number of hydrogen-bond acceptors (Lipinski definition) is 27. The maximum Gasteiger partial charge on any atom is 0.265 e. The summed E-state index contributed by atoms with van der Waals surface area (Å²) in [5.41, 5.74) is 1.65. The van der Waals surface area contributed by atoms with Gasteiger partial charge in [-0.05, 0) is 64.2 Å². The molecule has 8 aliphatic rings. The van der Waals surface area contributed by atoms with E-state index in [4.69, 9.17) is 79.0 Å². The smallest absolute Gasteiger partial charge is 0.265 e. The first kappa shape index (κ1) is 59.0. The first-order valence-corrected chi connectivity index (χ1v) is 36.9. The second kappa shape index (κ2) is 23.3. The van der Waals surface area contributed by atoms with Crippen LogP contribution in [0.25, 0.3) is 91.4 Å². The normalized spacial score (nSPS) is 17.4. The molecule has 9 aromatic rings. The monoisotopic (exact) mass is 1420 g/mol. The van der Waals surface area contributed by atoms with Gasteiger partial charge in [0.05, 0.1) is 75.9 Å². The molecule has 31 heteroatoms. The van der Waals surface area contributed by atoms with E-state index in [9.17, 15) is 19.2 Å². The Morgan fingerprint density at radius 3 is 0.946 bits per heavy atom. The van der Waals surface area contributed by atoms with Gasteiger partial charge in [0.2, 0.25) is 0 Å². The van der Waals surface area contributed by atoms with Crippen LogP contribution in [0.2, 0.25) is 0 Å². The zero-order chi connectivity index (χ0) is 63.1. The Bertz CT molecular complexity index is 4660. The van der Waals surface area contributed by atoms with Gasteiger partial charge in [0, 0.05) is 26.2 Å². The van der Waals surface area contributed by atoms with Crippen molar-refractivity contribution in [1.82, 2.24) is 29.6 Å². The van der Waals surface area contributed by atoms with Gasteiger partial charge in [0.25, 0.3) is 23.6 Å². The highest BCUT2D eigenvalue weighted by Crippen LogP contribution is 2.67. The number of fused-ring (bicyclic) bond motifs is 8. The van der Waals surface area contributed by atoms with Crippen molar-refractivity contribution in [1.29, 1.82) is 0 Å². The average molecular weight is 1420 g/mol. The Balaban J connectivity index is 0.710. The fraction of sp³-hybridized carbons (Fsp3) is 0.339. The molecule has 0 N–H and O–H groups in total. The minimum absolute atomic E-state index is 0.0144. The zero-order valence-electron chi connectivity index (χ0n) is 49.7. The van der Waals surface area contributed by atoms with Gasteiger partial charge < -0.3 is 66.6 Å². The fourth-order valence-electron chi connectivity index (χ4n) is 12.0. The predicted molar refractivity (Wildman–Crippen MR) is 362 cm³/mol. The van der Waals surface area contributed by atoms with Gasteiger partial charge in [-0.15, -0.1) is 90.7 Å². The highest BCUT2D eigenvalue weighted by atomic mass is 32.1. The van der Waals surface area contributed by atoms with Crippen LogP contribution in [-0.2, 0) is 19.2 Å². The number of carbonyl (C=O) groups is 4. The number of likely N-dealkylation sites (N-methyl/N-ethyl adjacent to an activating group) is 4. The molecule has 1 aromatic carbocycles. The Morgan fingerprint density at radius 1 is 0.366 bits per heavy atom. The second-order valence-corrected chi connectivity index (χ2v) is 30.2. The summed E-state index contributed by atoms with van der Waals surface area (Å²) in [6.07, 6.45) is 3.23. The molecule has 17 rings (SSSR count). The van der Waals surface area contributed by atoms with Crippen molar-refractivity contribution in [3.63, 3.8) is 0 Å². The van der Waals surface area contributed by atoms with Crippen molar-refractivity contribution < 1.29 is 76.0 Å². The quantitative estimate of drug-likeness (QED) is 0.0631. The van der Waals surface area contributed by atoms with Crippen molar-refractivity contribution in [3.8, 4) is 128 Å². The van der Waals surface area contributed by atoms with E-state index in [1.54, 1.807) is 33.3 Å². The van der Waals surface area contributed by atoms with Crippen LogP contribution in [0.5, 0.6) is 69.0 Å². The number of benzene rings is 1. The van der Waals surface area contributed by atoms with Gasteiger partial charge in [-0.25, -0.2) is 9.97 Å². The molecular formula is C62H50N6O16S9. The van der Waals surface area contributed by atoms with Crippen molar-refractivity contribution in [2.24, 2.45) is 0 Å². The highest BCUT2D eigenvalue weighted by molar-refractivity contribution is 7.80. The minimum Gasteiger partial charge on any atom is -0.485 e. The summed E-state index contributed by atoms with van der Waals surface area (Å²) in [5.74, 6) is 4.95. The van der Waals surface area contributed by atoms with E-state index in [1.165, 1.54) is 89.2 Å². The molecule has 2 saturated heterocycles. The summed E-state index contributed by atoms with van der Waals surface area (Å²) in [6, 6.07) is 4.15. The van der Waals surface area contributed by atoms with E-state index in [1.807, 2.05) is 27.7 Å². The highest BCUT2D eigenvalue weighted by Gasteiger charge is 2.43. The molecular weight excluding hydrogens is 1370 g/mol. The fourth-order valence-corrected chi connectivity index (χ4v) is 22.0. The summed E-state index contributed by atoms with van der Waals surface area (Å²) >= 11 is 17.3. The average Bonchev–Trinajstić information content (AvgIpc) is 1.59. The molecule has 8 aromatic heterocycles. The number of rotatable bonds is 12. The number of hydrogen-bond donors (Lipinski definition) is 0. The standard InChI is InChI=1S/C62H50N6O16S9/c1-5-65-25-66(6-2)59(70)26(58(65)69)21-32-34-36(75-11-9-73-34)46(86-32)48-38-40(79-15-13-77-38)50(90-48)52-42-44(83-19-17-81-42)54(92-52)56-63-28-23-31-29(24-30(28)88-56)64-57(89-31)55-45-43(82-18-20-84-45)53(93-55)51-41-39(78-14-16-80-41)49(91-51)47-37-35(74-10-12-76-37)33(87-47)22-27-60(71)67(7-3)62(85)68(8-4)61(27)72/h21-24H,5-20,25H2,1-4H3. The molecule has 0 spiro atoms. The lowest BCUT2D eigenvalue weighted by molar-refractivity contribution is -0.143. The van der Waals surface area contributed by atoms with Gasteiger partial charge in [-0.1, -0.05) is 0 Å². The lowest BCUT2D eigenvalue weighted by atomic mass is 10.1. The van der Waals surface area contributed by atoms with Gasteiger partial charge in [0.1, 0.15) is 110 Å². The Morgan fingerprint density at radius 2 is 0.634 bits per heavy atom. The maximum atomic E-state index is 13.8. The molecule has 0 unspecified atom stereocenters. The number of thiocarbonyl (C=S) groups is 1. The molecule has 0 saturated carbocycles. The largest absolute Gasteiger partial charge is 0.485 e. The zero-order valence-corrected chi connectivity index (χ0v) is 57.1. The van der Waals surface area contributed by atoms with Crippen LogP contribution >= 0.6 is 103 Å². The molecule has 0 bridgehead atoms. The predicted octanol–water partition coefficient (Wildman–Crippen LogP) is 12.3. The van der Waals surface area contributed by atoms with Crippen LogP contribution in [0.3, 0.4) is 0 Å². The van der Waals surface area contributed by atoms with Crippen molar-refractivity contribution >= 4 is 164 Å². The number of thiazole rings is 2. The second-order valence-electron chi connectivity index (χ2n) is 21.6. The molecule has 93 heavy (non-hydrogen) atoms. The van der Waals surface area contributed by atoms with Crippen molar-refractivity contribution in [2.75, 3.05) is 112 Å². The molecule has 0 radical (unpaired) electrons. The van der Waals surface area contributed by atoms with Gasteiger partial charge in [-0.2, -0.15) is 0 Å². The molecule has 4 amide bonds. The molecule has 0 aliphatic carbocycles. The van der Waals surface area contributed by atoms with E-state index in [0.717, 1.165) is 74.3 Å². The maximum absolute atomic E-state index is 13.8. The summed E-state index contributed by atoms with van der Waals surface area (Å²) in [5, 5.41) is 1.69. The van der Waals surface area contributed by atoms with Gasteiger partial charge >= 0.3 is 0 Å². The molecule has 478 valence electrons. The molecule has 2 fully saturated rings. The van der Waals surface area contributed by atoms with Crippen LogP contribution in [0.1, 0.15) is 37.4 Å². The van der Waals surface area contributed by atoms with Crippen LogP contribution < -0.4 is 56.8 Å². The van der Waals surface area contributed by atoms with E-state index in [0.29, 0.717) is 182 Å². The number of amides is 4. The van der Waals surface area contributed by atoms with Crippen LogP contribution in [0, 0.1) is 0 Å². The van der Waals surface area contributed by atoms with Gasteiger partial charge in [0.15, 0.2) is 74.1 Å². The van der Waals surface area contributed by atoms with Crippen LogP contribution in [-0.4, -0.2) is 170 Å². The number of nitrogens with zero attached hydrogens (tertiary/aromatic N) is 6. The Kier molecular flexibility index (Phi) is 14.8. The number of carbonyl (C=O) groups excluding carboxylic acids is 4. The lowest BCUT2D eigenvalue weighted by Crippen LogP contribution is -2.55. The SMILES string of the molecule is CCN1CN(CC)C(=O)C(=Cc2sc(-c3sc(-c4sc(-c5nc6cc7sc(-c8sc(-c9sc(-c%10sc(C=C%11C(=O)N(CC)C(=S)N(CC)C%11=O)c%11c%10OCCO%11)c%10c9OCCO%10)c9c8OCCO9)nc7cc6s5)c5c4OCCO5)c4c3OCCO4)c3c2OCCO3)C1=O. The third-order valence-corrected chi connectivity index (χ3v) is 26.5. The summed E-state index contributed by atoms with van der Waals surface area (Å²) in [4.78, 5) is 80.6. The summed E-state index contributed by atoms with van der Waals surface area (Å²) in [7, 11) is 0. The topological polar surface area (TPSA) is 218 Å². The third-order valence-electron chi connectivity index (χ3n) is 16.3. The molecule has 8 aliphatic heterocycles. The van der Waals surface area contributed by atoms with Gasteiger partial charge in [-0.3, -0.25) is 29.0 Å². The first-order chi connectivity index (χ1) is 45.5. The first-order valence-electron chi connectivity index (χ1n) is 30.0. The molecule has 0 atom stereocenters. The summed E-state index contributed by atoms with van der Waals surface area (Å²) < 4.78 is 78.9. The Hall–Kier alpha value is -7.75. The van der Waals surface area contributed by atoms with E-state index in [-0.39, 0.29) is 41.3 Å². The van der Waals surface area contributed by atoms with Crippen LogP contribution in [0.15, 0.2) is 23.3 Å². The van der Waals surface area contributed by atoms with E-state index in [2.05, 4.69) is 12.1 Å². The lowest BCUT2D eigenvalue weighted by Gasteiger charge is -2.35.